The molecular formula is C16H14ClN3O3. The summed E-state index contributed by atoms with van der Waals surface area (Å²) in [7, 11) is 0. The fourth-order valence-electron chi connectivity index (χ4n) is 2.19. The summed E-state index contributed by atoms with van der Waals surface area (Å²) in [6, 6.07) is 10.4. The maximum absolute atomic E-state index is 12.3. The number of carbonyl (C=O) groups excluding carboxylic acids is 1. The molecule has 2 heterocycles. The van der Waals surface area contributed by atoms with Crippen LogP contribution >= 0.6 is 11.6 Å². The number of halogens is 1. The molecule has 3 N–H and O–H groups in total. The van der Waals surface area contributed by atoms with Gasteiger partial charge in [0.2, 0.25) is 0 Å². The van der Waals surface area contributed by atoms with E-state index in [1.165, 1.54) is 12.5 Å². The minimum Gasteiger partial charge on any atom is -0.467 e. The lowest BCUT2D eigenvalue weighted by atomic mass is 10.1. The number of aromatic nitrogens is 2. The molecule has 23 heavy (non-hydrogen) atoms. The molecule has 118 valence electrons. The van der Waals surface area contributed by atoms with Crippen molar-refractivity contribution >= 4 is 17.5 Å². The first kappa shape index (κ1) is 15.3. The second-order valence-corrected chi connectivity index (χ2v) is 5.35. The molecule has 3 rings (SSSR count). The van der Waals surface area contributed by atoms with Gasteiger partial charge in [-0.05, 0) is 24.3 Å². The van der Waals surface area contributed by atoms with Gasteiger partial charge in [0.15, 0.2) is 0 Å². The first-order valence-electron chi connectivity index (χ1n) is 6.94. The number of furan rings is 1. The van der Waals surface area contributed by atoms with Crippen molar-refractivity contribution in [3.63, 3.8) is 0 Å². The average Bonchev–Trinajstić information content (AvgIpc) is 3.23. The highest BCUT2D eigenvalue weighted by atomic mass is 35.5. The van der Waals surface area contributed by atoms with Crippen LogP contribution < -0.4 is 5.32 Å². The zero-order chi connectivity index (χ0) is 16.2. The number of rotatable bonds is 5. The van der Waals surface area contributed by atoms with Crippen LogP contribution in [0.25, 0.3) is 11.3 Å². The normalized spacial score (nSPS) is 12.1. The molecule has 1 unspecified atom stereocenters. The maximum atomic E-state index is 12.3. The molecule has 0 saturated heterocycles. The largest absolute Gasteiger partial charge is 0.467 e. The van der Waals surface area contributed by atoms with Crippen LogP contribution in [-0.2, 0) is 0 Å². The topological polar surface area (TPSA) is 91.2 Å². The molecule has 1 atom stereocenters. The minimum absolute atomic E-state index is 0.0342. The van der Waals surface area contributed by atoms with Crippen LogP contribution in [0.1, 0.15) is 22.2 Å². The van der Waals surface area contributed by atoms with E-state index in [0.717, 1.165) is 5.56 Å². The third-order valence-electron chi connectivity index (χ3n) is 3.32. The van der Waals surface area contributed by atoms with Gasteiger partial charge in [0.05, 0.1) is 30.3 Å². The highest BCUT2D eigenvalue weighted by Crippen LogP contribution is 2.24. The highest BCUT2D eigenvalue weighted by molar-refractivity contribution is 6.30. The molecule has 0 radical (unpaired) electrons. The fourth-order valence-corrected chi connectivity index (χ4v) is 2.38. The number of aliphatic hydroxyl groups excluding tert-OH is 1. The quantitative estimate of drug-likeness (QED) is 0.670. The number of aliphatic hydroxyl groups is 1. The summed E-state index contributed by atoms with van der Waals surface area (Å²) in [6.45, 7) is 0.0342. The van der Waals surface area contributed by atoms with Crippen molar-refractivity contribution < 1.29 is 14.3 Å². The second kappa shape index (κ2) is 6.68. The number of hydrogen-bond acceptors (Lipinski definition) is 4. The van der Waals surface area contributed by atoms with Gasteiger partial charge in [-0.3, -0.25) is 9.89 Å². The zero-order valence-electron chi connectivity index (χ0n) is 12.0. The Morgan fingerprint density at radius 2 is 2.26 bits per heavy atom. The first-order chi connectivity index (χ1) is 11.1. The molecule has 3 aromatic rings. The van der Waals surface area contributed by atoms with Gasteiger partial charge in [-0.15, -0.1) is 0 Å². The Labute approximate surface area is 137 Å². The molecule has 0 bridgehead atoms. The Morgan fingerprint density at radius 1 is 1.39 bits per heavy atom. The van der Waals surface area contributed by atoms with Gasteiger partial charge in [0, 0.05) is 10.6 Å². The van der Waals surface area contributed by atoms with Crippen molar-refractivity contribution in [2.45, 2.75) is 6.10 Å². The summed E-state index contributed by atoms with van der Waals surface area (Å²) in [6.07, 6.45) is 1.99. The number of hydrogen-bond donors (Lipinski definition) is 3. The summed E-state index contributed by atoms with van der Waals surface area (Å²) < 4.78 is 5.09. The molecule has 1 aromatic carbocycles. The van der Waals surface area contributed by atoms with Gasteiger partial charge in [-0.25, -0.2) is 0 Å². The van der Waals surface area contributed by atoms with Crippen LogP contribution in [0.2, 0.25) is 5.02 Å². The van der Waals surface area contributed by atoms with Crippen LogP contribution in [0.15, 0.2) is 53.3 Å². The van der Waals surface area contributed by atoms with E-state index in [9.17, 15) is 9.90 Å². The molecule has 0 aliphatic rings. The molecule has 0 fully saturated rings. The smallest absolute Gasteiger partial charge is 0.255 e. The number of aromatic amines is 1. The predicted octanol–water partition coefficient (Wildman–Crippen LogP) is 2.79. The van der Waals surface area contributed by atoms with Crippen LogP contribution in [0, 0.1) is 0 Å². The van der Waals surface area contributed by atoms with Crippen molar-refractivity contribution in [2.24, 2.45) is 0 Å². The minimum atomic E-state index is -0.907. The third kappa shape index (κ3) is 3.44. The van der Waals surface area contributed by atoms with Gasteiger partial charge in [0.25, 0.3) is 5.91 Å². The Morgan fingerprint density at radius 3 is 3.00 bits per heavy atom. The van der Waals surface area contributed by atoms with Crippen LogP contribution in [0.5, 0.6) is 0 Å². The lowest BCUT2D eigenvalue weighted by Gasteiger charge is -2.10. The van der Waals surface area contributed by atoms with Crippen molar-refractivity contribution in [2.75, 3.05) is 6.54 Å². The van der Waals surface area contributed by atoms with Crippen molar-refractivity contribution in [1.82, 2.24) is 15.5 Å². The number of nitrogens with one attached hydrogen (secondary N) is 2. The Balaban J connectivity index is 1.72. The summed E-state index contributed by atoms with van der Waals surface area (Å²) in [5, 5.41) is 19.9. The Kier molecular flexibility index (Phi) is 4.45. The molecule has 6 nitrogen and oxygen atoms in total. The second-order valence-electron chi connectivity index (χ2n) is 4.91. The number of amides is 1. The van der Waals surface area contributed by atoms with Crippen molar-refractivity contribution in [1.29, 1.82) is 0 Å². The van der Waals surface area contributed by atoms with Crippen molar-refractivity contribution in [3.8, 4) is 11.3 Å². The SMILES string of the molecule is O=C(NCC(O)c1ccco1)c1cn[nH]c1-c1cccc(Cl)c1. The van der Waals surface area contributed by atoms with Crippen LogP contribution in [0.3, 0.4) is 0 Å². The fraction of sp³-hybridized carbons (Fsp3) is 0.125. The lowest BCUT2D eigenvalue weighted by molar-refractivity contribution is 0.0902. The van der Waals surface area contributed by atoms with E-state index in [2.05, 4.69) is 15.5 Å². The summed E-state index contributed by atoms with van der Waals surface area (Å²) in [5.41, 5.74) is 1.70. The zero-order valence-corrected chi connectivity index (χ0v) is 12.7. The average molecular weight is 332 g/mol. The van der Waals surface area contributed by atoms with Gasteiger partial charge in [0.1, 0.15) is 11.9 Å². The van der Waals surface area contributed by atoms with Crippen LogP contribution in [-0.4, -0.2) is 27.8 Å². The molecule has 7 heteroatoms. The van der Waals surface area contributed by atoms with E-state index in [1.54, 1.807) is 30.3 Å². The number of carbonyl (C=O) groups is 1. The van der Waals surface area contributed by atoms with E-state index in [1.807, 2.05) is 6.07 Å². The van der Waals surface area contributed by atoms with E-state index in [4.69, 9.17) is 16.0 Å². The Hall–Kier alpha value is -2.57. The molecule has 0 spiro atoms. The van der Waals surface area contributed by atoms with E-state index < -0.39 is 6.10 Å². The Bertz CT molecular complexity index is 799. The third-order valence-corrected chi connectivity index (χ3v) is 3.56. The molecule has 0 aliphatic heterocycles. The first-order valence-corrected chi connectivity index (χ1v) is 7.32. The molecular weight excluding hydrogens is 318 g/mol. The maximum Gasteiger partial charge on any atom is 0.255 e. The van der Waals surface area contributed by atoms with Gasteiger partial charge in [-0.1, -0.05) is 23.7 Å². The summed E-state index contributed by atoms with van der Waals surface area (Å²) in [4.78, 5) is 12.3. The number of nitrogens with zero attached hydrogens (tertiary/aromatic N) is 1. The monoisotopic (exact) mass is 331 g/mol. The molecule has 1 amide bonds. The van der Waals surface area contributed by atoms with Gasteiger partial charge in [-0.2, -0.15) is 5.10 Å². The standard InChI is InChI=1S/C16H14ClN3O3/c17-11-4-1-3-10(7-11)15-12(8-19-20-15)16(22)18-9-13(21)14-5-2-6-23-14/h1-8,13,21H,9H2,(H,18,22)(H,19,20). The van der Waals surface area contributed by atoms with Crippen LogP contribution in [0.4, 0.5) is 0 Å². The van der Waals surface area contributed by atoms with E-state index in [-0.39, 0.29) is 12.5 Å². The van der Waals surface area contributed by atoms with Gasteiger partial charge >= 0.3 is 0 Å². The molecule has 0 saturated carbocycles. The summed E-state index contributed by atoms with van der Waals surface area (Å²) in [5.74, 6) is 0.0480. The van der Waals surface area contributed by atoms with Crippen molar-refractivity contribution in [3.05, 3.63) is 65.2 Å². The number of H-pyrrole nitrogens is 1. The molecule has 2 aromatic heterocycles. The molecule has 0 aliphatic carbocycles. The predicted molar refractivity (Wildman–Crippen MR) is 85.0 cm³/mol. The highest BCUT2D eigenvalue weighted by Gasteiger charge is 2.17. The number of benzene rings is 1. The summed E-state index contributed by atoms with van der Waals surface area (Å²) >= 11 is 5.98. The van der Waals surface area contributed by atoms with E-state index in [0.29, 0.717) is 22.0 Å². The van der Waals surface area contributed by atoms with Gasteiger partial charge < -0.3 is 14.8 Å². The van der Waals surface area contributed by atoms with E-state index >= 15 is 0 Å². The lowest BCUT2D eigenvalue weighted by Crippen LogP contribution is -2.28.